The van der Waals surface area contributed by atoms with Crippen molar-refractivity contribution >= 4 is 68.4 Å². The minimum Gasteiger partial charge on any atom is -0.381 e. The van der Waals surface area contributed by atoms with Crippen molar-refractivity contribution < 1.29 is 42.9 Å². The van der Waals surface area contributed by atoms with Gasteiger partial charge in [0, 0.05) is 154 Å². The van der Waals surface area contributed by atoms with Gasteiger partial charge in [-0.2, -0.15) is 0 Å². The van der Waals surface area contributed by atoms with Crippen LogP contribution in [-0.4, -0.2) is 108 Å². The highest BCUT2D eigenvalue weighted by molar-refractivity contribution is 6.08. The van der Waals surface area contributed by atoms with Crippen LogP contribution < -0.4 is 21.3 Å². The molecule has 0 spiro atoms. The third-order valence-corrected chi connectivity index (χ3v) is 23.7. The number of hydrogen-bond acceptors (Lipinski definition) is 14. The quantitative estimate of drug-likeness (QED) is 0.0702. The summed E-state index contributed by atoms with van der Waals surface area (Å²) >= 11 is 0. The first-order valence-electron chi connectivity index (χ1n) is 44.7. The molecule has 1 atom stereocenters. The maximum atomic E-state index is 14.5. The first-order chi connectivity index (χ1) is 63.9. The predicted molar refractivity (Wildman–Crippen MR) is 497 cm³/mol. The van der Waals surface area contributed by atoms with Crippen LogP contribution in [0.1, 0.15) is 172 Å². The van der Waals surface area contributed by atoms with Crippen molar-refractivity contribution in [3.63, 3.8) is 0 Å². The van der Waals surface area contributed by atoms with Gasteiger partial charge in [0.2, 0.25) is 0 Å². The number of hydrogen-bond donors (Lipinski definition) is 4. The van der Waals surface area contributed by atoms with E-state index >= 15 is 0 Å². The highest BCUT2D eigenvalue weighted by Crippen LogP contribution is 2.39. The highest BCUT2D eigenvalue weighted by atomic mass is 19.2. The van der Waals surface area contributed by atoms with Gasteiger partial charge in [-0.3, -0.25) is 43.5 Å². The fourth-order valence-corrected chi connectivity index (χ4v) is 16.5. The third kappa shape index (κ3) is 18.6. The zero-order chi connectivity index (χ0) is 92.1. The van der Waals surface area contributed by atoms with Crippen LogP contribution in [0.5, 0.6) is 0 Å². The van der Waals surface area contributed by atoms with Crippen molar-refractivity contribution in [3.05, 3.63) is 359 Å². The number of pyridine rings is 8. The molecule has 12 aromatic heterocycles. The first kappa shape index (κ1) is 80.2. The lowest BCUT2D eigenvalue weighted by Gasteiger charge is -2.21. The molecule has 17 aromatic rings. The van der Waals surface area contributed by atoms with Crippen LogP contribution in [-0.2, 0) is 9.47 Å². The molecule has 20 rings (SSSR count). The second kappa shape index (κ2) is 37.9. The molecule has 4 N–H and O–H groups in total. The summed E-state index contributed by atoms with van der Waals surface area (Å²) in [6.45, 7) is 17.8. The number of amides is 4. The van der Waals surface area contributed by atoms with E-state index in [1.165, 1.54) is 50.9 Å². The molecule has 4 amide bonds. The predicted octanol–water partition coefficient (Wildman–Crippen LogP) is 22.1. The molecule has 128 heavy (non-hydrogen) atoms. The van der Waals surface area contributed by atoms with Crippen LogP contribution in [0.15, 0.2) is 262 Å². The monoisotopic (exact) mass is 1710 g/mol. The van der Waals surface area contributed by atoms with Gasteiger partial charge in [0.05, 0.1) is 110 Å². The van der Waals surface area contributed by atoms with Crippen LogP contribution in [0.25, 0.3) is 78.0 Å². The molecule has 24 heteroatoms. The number of aromatic nitrogens is 12. The van der Waals surface area contributed by atoms with E-state index in [2.05, 4.69) is 88.9 Å². The maximum Gasteiger partial charge on any atom is 0.257 e. The molecule has 3 fully saturated rings. The fourth-order valence-electron chi connectivity index (χ4n) is 16.5. The summed E-state index contributed by atoms with van der Waals surface area (Å²) in [4.78, 5) is 88.6. The summed E-state index contributed by atoms with van der Waals surface area (Å²) < 4.78 is 79.9. The van der Waals surface area contributed by atoms with Gasteiger partial charge < -0.3 is 43.9 Å². The molecule has 22 nitrogen and oxygen atoms in total. The molecule has 1 unspecified atom stereocenters. The molecule has 3 aliphatic rings. The van der Waals surface area contributed by atoms with E-state index in [0.29, 0.717) is 80.5 Å². The van der Waals surface area contributed by atoms with Crippen molar-refractivity contribution in [1.82, 2.24) is 57.5 Å². The van der Waals surface area contributed by atoms with Gasteiger partial charge in [-0.1, -0.05) is 114 Å². The number of nitrogens with one attached hydrogen (secondary N) is 4. The molecule has 2 aliphatic heterocycles. The number of benzene rings is 5. The van der Waals surface area contributed by atoms with Gasteiger partial charge in [-0.25, -0.2) is 28.7 Å². The number of carbonyl (C=O) groups excluding carboxylic acids is 4. The molecular weight excluding hydrogens is 1610 g/mol. The van der Waals surface area contributed by atoms with Crippen LogP contribution >= 0.6 is 0 Å². The van der Waals surface area contributed by atoms with E-state index in [-0.39, 0.29) is 70.1 Å². The Labute approximate surface area is 745 Å². The lowest BCUT2D eigenvalue weighted by Crippen LogP contribution is -2.16. The molecule has 0 bridgehead atoms. The molecule has 5 aromatic carbocycles. The van der Waals surface area contributed by atoms with Gasteiger partial charge in [-0.15, -0.1) is 0 Å². The number of carbonyl (C=O) groups is 4. The smallest absolute Gasteiger partial charge is 0.257 e. The minimum absolute atomic E-state index is 0.00210. The van der Waals surface area contributed by atoms with Gasteiger partial charge in [0.1, 0.15) is 23.3 Å². The topological polar surface area (TPSA) is 256 Å². The Kier molecular flexibility index (Phi) is 23.8. The summed E-state index contributed by atoms with van der Waals surface area (Å²) in [6.07, 6.45) is 30.1. The second-order valence-corrected chi connectivity index (χ2v) is 32.5. The van der Waals surface area contributed by atoms with E-state index in [1.807, 2.05) is 200 Å². The molecule has 14 heterocycles. The minimum atomic E-state index is -1.01. The van der Waals surface area contributed by atoms with E-state index in [0.717, 1.165) is 146 Å². The van der Waals surface area contributed by atoms with Crippen LogP contribution in [0.3, 0.4) is 0 Å². The third-order valence-electron chi connectivity index (χ3n) is 23.7. The Morgan fingerprint density at radius 2 is 0.672 bits per heavy atom. The first-order valence-corrected chi connectivity index (χ1v) is 42.7. The van der Waals surface area contributed by atoms with Gasteiger partial charge in [0.25, 0.3) is 23.6 Å². The fraction of sp³-hybridized carbons (Fsp3) is 0.212. The average Bonchev–Trinajstić information content (AvgIpc) is 1.69. The summed E-state index contributed by atoms with van der Waals surface area (Å²) in [7, 11) is 0. The number of aryl methyl sites for hydroxylation is 7. The Morgan fingerprint density at radius 3 is 1.05 bits per heavy atom. The maximum absolute atomic E-state index is 14.5. The van der Waals surface area contributed by atoms with E-state index < -0.39 is 17.5 Å². The summed E-state index contributed by atoms with van der Waals surface area (Å²) in [6, 6.07) is 49.1. The Balaban J connectivity index is 0.000000123. The number of halogens is 2. The Bertz CT molecular complexity index is 7040. The zero-order valence-corrected chi connectivity index (χ0v) is 72.1. The van der Waals surface area contributed by atoms with E-state index in [1.54, 1.807) is 41.9 Å². The molecule has 2 saturated heterocycles. The second-order valence-electron chi connectivity index (χ2n) is 32.5. The highest BCUT2D eigenvalue weighted by Gasteiger charge is 2.28. The summed E-state index contributed by atoms with van der Waals surface area (Å²) in [5.74, 6) is 1.57. The molecule has 0 radical (unpaired) electrons. The number of nitrogens with zero attached hydrogens (tertiary/aromatic N) is 12. The number of fused-ring (bicyclic) bond motifs is 4. The molecule has 1 saturated carbocycles. The molecule has 642 valence electrons. The van der Waals surface area contributed by atoms with Crippen molar-refractivity contribution in [2.24, 2.45) is 0 Å². The van der Waals surface area contributed by atoms with E-state index in [4.69, 9.17) is 24.9 Å². The largest absolute Gasteiger partial charge is 0.381 e. The lowest BCUT2D eigenvalue weighted by molar-refractivity contribution is 0.0835. The number of imidazole rings is 4. The van der Waals surface area contributed by atoms with Crippen LogP contribution in [0.2, 0.25) is 0 Å². The van der Waals surface area contributed by atoms with E-state index in [9.17, 15) is 28.0 Å². The lowest BCUT2D eigenvalue weighted by atomic mass is 9.99. The summed E-state index contributed by atoms with van der Waals surface area (Å²) in [5.41, 5.74) is 20.6. The standard InChI is InChI=1S/C27H20F2N4O.C26H26N4O2.C26H26N4O.C25H24N4O2/c1-16-8-10-19(11-9-16)32-27(34)22-13-18(14-30-17(22)2)20-6-4-12-33-24(20)15-31-26(33)21-5-3-7-23(28)25(21)29;1-17-5-7-21(8-6-17)29-26(31)23-14-20(15-27-18(23)2)22-4-3-11-30-24(22)16-28-25(30)19-9-12-32-13-10-19;1-17-9-11-21(12-10-17)29-26(31)23-14-20(15-27-18(23)2)22-8-5-13-30-24(22)16-28-25(30)19-6-3-4-7-19;1-16-5-7-20(8-6-16)28-25(30)22-12-19(13-26-17(22)2)21-4-3-10-29-23(21)14-27-24(29)18-9-11-31-15-18/h3-15H,1-2H3,(H,32,34);3-8,11,14-16,19H,9-10,12-13H2,1-2H3,(H,29,31);5,8-16,19H,3-4,6-7H2,1-2H3,(H,29,31);3-8,10,12-14,18H,9,11,15H2,1-2H3,(H,28,30)/i8D,9D,10D,11D;;;. The van der Waals surface area contributed by atoms with Crippen LogP contribution in [0.4, 0.5) is 31.5 Å². The normalized spacial score (nSPS) is 14.3. The zero-order valence-electron chi connectivity index (χ0n) is 76.1. The molecular formula is C104H96F2N16O6. The number of ether oxygens (including phenoxy) is 2. The average molecular weight is 1710 g/mol. The number of anilines is 4. The van der Waals surface area contributed by atoms with Gasteiger partial charge >= 0.3 is 0 Å². The SMILES string of the molecule is Cc1ccc(NC(=O)c2cc(-c3cccn4c(C5CCCC5)ncc34)cnc2C)cc1.Cc1ccc(NC(=O)c2cc(-c3cccn4c(C5CCOC5)ncc34)cnc2C)cc1.Cc1ccc(NC(=O)c2cc(-c3cccn4c(C5CCOCC5)ncc34)cnc2C)cc1.[2H]c1c([2H])c(NC(=O)c2cc(-c3cccn4c(-c5cccc(F)c5F)ncc34)cnc2C)c([2H])c([2H])c1C. The van der Waals surface area contributed by atoms with Gasteiger partial charge in [0.15, 0.2) is 11.6 Å². The summed E-state index contributed by atoms with van der Waals surface area (Å²) in [5, 5.41) is 11.4. The number of rotatable bonds is 16. The van der Waals surface area contributed by atoms with Crippen molar-refractivity contribution in [2.45, 2.75) is 118 Å². The van der Waals surface area contributed by atoms with Crippen molar-refractivity contribution in [3.8, 4) is 55.9 Å². The Morgan fingerprint density at radius 1 is 0.344 bits per heavy atom. The molecule has 1 aliphatic carbocycles. The van der Waals surface area contributed by atoms with Crippen LogP contribution in [0, 0.1) is 67.0 Å². The van der Waals surface area contributed by atoms with Gasteiger partial charge in [-0.05, 0) is 197 Å². The Hall–Kier alpha value is -14.9. The van der Waals surface area contributed by atoms with Crippen molar-refractivity contribution in [1.29, 1.82) is 0 Å². The van der Waals surface area contributed by atoms with Crippen molar-refractivity contribution in [2.75, 3.05) is 47.7 Å².